The van der Waals surface area contributed by atoms with E-state index in [2.05, 4.69) is 33.2 Å². The van der Waals surface area contributed by atoms with Crippen LogP contribution in [0.4, 0.5) is 0 Å². The lowest BCUT2D eigenvalue weighted by atomic mass is 9.97. The van der Waals surface area contributed by atoms with Crippen molar-refractivity contribution in [2.24, 2.45) is 10.9 Å². The van der Waals surface area contributed by atoms with E-state index in [0.29, 0.717) is 19.1 Å². The lowest BCUT2D eigenvalue weighted by Gasteiger charge is -2.32. The molecule has 2 N–H and O–H groups in total. The van der Waals surface area contributed by atoms with Gasteiger partial charge >= 0.3 is 0 Å². The molecule has 1 aliphatic rings. The number of nitrogens with zero attached hydrogens (tertiary/aromatic N) is 2. The summed E-state index contributed by atoms with van der Waals surface area (Å²) in [6, 6.07) is 8.04. The number of ether oxygens (including phenoxy) is 2. The van der Waals surface area contributed by atoms with Gasteiger partial charge in [-0.2, -0.15) is 0 Å². The molecule has 150 valence electrons. The summed E-state index contributed by atoms with van der Waals surface area (Å²) >= 11 is 0. The van der Waals surface area contributed by atoms with Crippen LogP contribution in [0.1, 0.15) is 18.4 Å². The number of hydrogen-bond acceptors (Lipinski definition) is 4. The molecule has 1 aliphatic heterocycles. The molecule has 1 aromatic carbocycles. The molecule has 6 nitrogen and oxygen atoms in total. The fourth-order valence-corrected chi connectivity index (χ4v) is 3.21. The molecule has 1 saturated heterocycles. The van der Waals surface area contributed by atoms with Crippen molar-refractivity contribution in [3.8, 4) is 5.75 Å². The zero-order valence-corrected chi connectivity index (χ0v) is 16.7. The van der Waals surface area contributed by atoms with E-state index in [4.69, 9.17) is 9.47 Å². The number of hydrogen-bond donors (Lipinski definition) is 2. The van der Waals surface area contributed by atoms with E-state index in [1.165, 1.54) is 12.8 Å². The first-order valence-corrected chi connectivity index (χ1v) is 9.74. The van der Waals surface area contributed by atoms with Gasteiger partial charge in [0.25, 0.3) is 0 Å². The number of para-hydroxylation sites is 1. The molecule has 2 rings (SSSR count). The second kappa shape index (κ2) is 12.4. The quantitative estimate of drug-likeness (QED) is 0.374. The van der Waals surface area contributed by atoms with Gasteiger partial charge in [-0.1, -0.05) is 30.9 Å². The smallest absolute Gasteiger partial charge is 0.191 e. The molecule has 27 heavy (non-hydrogen) atoms. The molecular formula is C21H34N4O2. The van der Waals surface area contributed by atoms with Crippen molar-refractivity contribution >= 4 is 5.96 Å². The third kappa shape index (κ3) is 7.61. The van der Waals surface area contributed by atoms with Crippen molar-refractivity contribution in [1.82, 2.24) is 15.5 Å². The monoisotopic (exact) mass is 374 g/mol. The highest BCUT2D eigenvalue weighted by Crippen LogP contribution is 2.18. The first kappa shape index (κ1) is 21.3. The molecule has 1 heterocycles. The largest absolute Gasteiger partial charge is 0.489 e. The van der Waals surface area contributed by atoms with Gasteiger partial charge in [-0.15, -0.1) is 0 Å². The van der Waals surface area contributed by atoms with Crippen LogP contribution in [-0.4, -0.2) is 64.4 Å². The van der Waals surface area contributed by atoms with Crippen molar-refractivity contribution in [1.29, 1.82) is 0 Å². The van der Waals surface area contributed by atoms with Crippen LogP contribution in [0.15, 0.2) is 41.9 Å². The second-order valence-corrected chi connectivity index (χ2v) is 6.79. The molecule has 0 aliphatic carbocycles. The number of piperidine rings is 1. The Morgan fingerprint density at radius 3 is 2.78 bits per heavy atom. The lowest BCUT2D eigenvalue weighted by molar-refractivity contribution is 0.121. The zero-order chi connectivity index (χ0) is 19.3. The number of benzene rings is 1. The summed E-state index contributed by atoms with van der Waals surface area (Å²) in [5, 5.41) is 6.85. The van der Waals surface area contributed by atoms with Gasteiger partial charge in [-0.05, 0) is 37.9 Å². The van der Waals surface area contributed by atoms with E-state index >= 15 is 0 Å². The third-order valence-electron chi connectivity index (χ3n) is 4.88. The molecule has 0 bridgehead atoms. The maximum absolute atomic E-state index is 5.71. The molecule has 0 saturated carbocycles. The van der Waals surface area contributed by atoms with Crippen molar-refractivity contribution in [2.75, 3.05) is 53.6 Å². The molecule has 0 unspecified atom stereocenters. The summed E-state index contributed by atoms with van der Waals surface area (Å²) in [7, 11) is 3.57. The number of methoxy groups -OCH3 is 1. The van der Waals surface area contributed by atoms with E-state index in [1.54, 1.807) is 13.2 Å². The maximum atomic E-state index is 5.71. The predicted molar refractivity (Wildman–Crippen MR) is 111 cm³/mol. The number of likely N-dealkylation sites (tertiary alicyclic amines) is 1. The Morgan fingerprint density at radius 1 is 1.30 bits per heavy atom. The highest BCUT2D eigenvalue weighted by Gasteiger charge is 2.19. The van der Waals surface area contributed by atoms with E-state index in [-0.39, 0.29) is 0 Å². The summed E-state index contributed by atoms with van der Waals surface area (Å²) in [6.07, 6.45) is 4.18. The van der Waals surface area contributed by atoms with E-state index in [1.807, 2.05) is 25.2 Å². The maximum Gasteiger partial charge on any atom is 0.191 e. The van der Waals surface area contributed by atoms with Crippen molar-refractivity contribution in [3.05, 3.63) is 42.5 Å². The number of rotatable bonds is 10. The molecular weight excluding hydrogens is 340 g/mol. The highest BCUT2D eigenvalue weighted by molar-refractivity contribution is 5.79. The summed E-state index contributed by atoms with van der Waals surface area (Å²) in [5.41, 5.74) is 1.11. The highest BCUT2D eigenvalue weighted by atomic mass is 16.5. The summed E-state index contributed by atoms with van der Waals surface area (Å²) in [6.45, 7) is 9.98. The molecule has 0 radical (unpaired) electrons. The topological polar surface area (TPSA) is 58.1 Å². The molecule has 1 fully saturated rings. The Labute approximate surface area is 163 Å². The average molecular weight is 375 g/mol. The van der Waals surface area contributed by atoms with Crippen LogP contribution in [0.25, 0.3) is 0 Å². The Balaban J connectivity index is 1.73. The normalized spacial score (nSPS) is 16.1. The van der Waals surface area contributed by atoms with Crippen molar-refractivity contribution in [3.63, 3.8) is 0 Å². The fourth-order valence-electron chi connectivity index (χ4n) is 3.21. The first-order chi connectivity index (χ1) is 13.3. The van der Waals surface area contributed by atoms with Gasteiger partial charge in [0.05, 0.1) is 6.61 Å². The van der Waals surface area contributed by atoms with Gasteiger partial charge in [0.15, 0.2) is 5.96 Å². The first-order valence-electron chi connectivity index (χ1n) is 9.74. The van der Waals surface area contributed by atoms with Crippen LogP contribution in [0.3, 0.4) is 0 Å². The van der Waals surface area contributed by atoms with Crippen molar-refractivity contribution < 1.29 is 9.47 Å². The van der Waals surface area contributed by atoms with Gasteiger partial charge in [-0.3, -0.25) is 4.99 Å². The Bertz CT molecular complexity index is 583. The minimum atomic E-state index is 0.507. The van der Waals surface area contributed by atoms with Gasteiger partial charge in [0, 0.05) is 39.4 Å². The molecule has 0 amide bonds. The van der Waals surface area contributed by atoms with E-state index in [0.717, 1.165) is 50.1 Å². The summed E-state index contributed by atoms with van der Waals surface area (Å²) in [4.78, 5) is 6.82. The molecule has 0 aromatic heterocycles. The predicted octanol–water partition coefficient (Wildman–Crippen LogP) is 2.27. The van der Waals surface area contributed by atoms with Gasteiger partial charge in [0.2, 0.25) is 0 Å². The number of nitrogens with one attached hydrogen (secondary N) is 2. The molecule has 0 spiro atoms. The molecule has 6 heteroatoms. The summed E-state index contributed by atoms with van der Waals surface area (Å²) in [5.74, 6) is 2.39. The Kier molecular flexibility index (Phi) is 9.73. The van der Waals surface area contributed by atoms with Crippen LogP contribution < -0.4 is 15.4 Å². The van der Waals surface area contributed by atoms with Crippen molar-refractivity contribution in [2.45, 2.75) is 19.4 Å². The summed E-state index contributed by atoms with van der Waals surface area (Å²) < 4.78 is 10.9. The SMILES string of the molecule is C=CCOc1ccccc1CNC(=NC)NCC1CCN(CCOC)CC1. The molecule has 1 aromatic rings. The number of aliphatic imine (C=N–C) groups is 1. The second-order valence-electron chi connectivity index (χ2n) is 6.79. The standard InChI is InChI=1S/C21H34N4O2/c1-4-14-27-20-8-6-5-7-19(20)17-24-21(22-2)23-16-18-9-11-25(12-10-18)13-15-26-3/h4-8,18H,1,9-17H2,2-3H3,(H2,22,23,24). The number of guanidine groups is 1. The van der Waals surface area contributed by atoms with Crippen LogP contribution in [0.2, 0.25) is 0 Å². The van der Waals surface area contributed by atoms with Gasteiger partial charge in [0.1, 0.15) is 12.4 Å². The minimum absolute atomic E-state index is 0.507. The zero-order valence-electron chi connectivity index (χ0n) is 16.7. The van der Waals surface area contributed by atoms with Crippen LogP contribution in [-0.2, 0) is 11.3 Å². The fraction of sp³-hybridized carbons (Fsp3) is 0.571. The lowest BCUT2D eigenvalue weighted by Crippen LogP contribution is -2.43. The van der Waals surface area contributed by atoms with Crippen LogP contribution in [0, 0.1) is 5.92 Å². The van der Waals surface area contributed by atoms with Crippen LogP contribution in [0.5, 0.6) is 5.75 Å². The van der Waals surface area contributed by atoms with Gasteiger partial charge in [-0.25, -0.2) is 0 Å². The van der Waals surface area contributed by atoms with Gasteiger partial charge < -0.3 is 25.0 Å². The third-order valence-corrected chi connectivity index (χ3v) is 4.88. The van der Waals surface area contributed by atoms with E-state index < -0.39 is 0 Å². The Morgan fingerprint density at radius 2 is 2.07 bits per heavy atom. The van der Waals surface area contributed by atoms with Crippen LogP contribution >= 0.6 is 0 Å². The Hall–Kier alpha value is -2.05. The average Bonchev–Trinajstić information content (AvgIpc) is 2.72. The van der Waals surface area contributed by atoms with E-state index in [9.17, 15) is 0 Å². The minimum Gasteiger partial charge on any atom is -0.489 e. The molecule has 0 atom stereocenters.